The van der Waals surface area contributed by atoms with Crippen molar-refractivity contribution in [3.05, 3.63) is 47.8 Å². The SMILES string of the molecule is Cc1cc2c(cc1-c1ccccc1F)c(N(C(=O)OC(C)(C)C)C(=O)OC(C)(C)C)nn2C(=O)OC(C)(C)C. The van der Waals surface area contributed by atoms with Gasteiger partial charge in [0.25, 0.3) is 0 Å². The molecule has 0 N–H and O–H groups in total. The predicted octanol–water partition coefficient (Wildman–Crippen LogP) is 7.61. The summed E-state index contributed by atoms with van der Waals surface area (Å²) in [6, 6.07) is 9.42. The molecule has 0 saturated heterocycles. The Morgan fingerprint density at radius 1 is 0.795 bits per heavy atom. The highest BCUT2D eigenvalue weighted by Gasteiger charge is 2.37. The van der Waals surface area contributed by atoms with Crippen molar-refractivity contribution in [2.75, 3.05) is 4.90 Å². The molecule has 3 rings (SSSR count). The summed E-state index contributed by atoms with van der Waals surface area (Å²) in [5.74, 6) is -0.686. The number of carbonyl (C=O) groups is 3. The topological polar surface area (TPSA) is 100.0 Å². The first-order chi connectivity index (χ1) is 17.8. The van der Waals surface area contributed by atoms with Gasteiger partial charge in [0.2, 0.25) is 0 Å². The fourth-order valence-electron chi connectivity index (χ4n) is 3.69. The highest BCUT2D eigenvalue weighted by Crippen LogP contribution is 2.36. The molecule has 10 heteroatoms. The molecule has 1 heterocycles. The summed E-state index contributed by atoms with van der Waals surface area (Å²) in [5.41, 5.74) is -1.12. The summed E-state index contributed by atoms with van der Waals surface area (Å²) in [4.78, 5) is 40.6. The summed E-state index contributed by atoms with van der Waals surface area (Å²) in [5, 5.41) is 4.56. The molecule has 0 aliphatic heterocycles. The average Bonchev–Trinajstić information content (AvgIpc) is 3.08. The minimum absolute atomic E-state index is 0.210. The van der Waals surface area contributed by atoms with Gasteiger partial charge in [-0.15, -0.1) is 5.10 Å². The van der Waals surface area contributed by atoms with Crippen molar-refractivity contribution in [1.82, 2.24) is 9.78 Å². The van der Waals surface area contributed by atoms with Crippen LogP contribution in [0.4, 0.5) is 24.6 Å². The minimum atomic E-state index is -1.06. The van der Waals surface area contributed by atoms with Crippen molar-refractivity contribution in [2.24, 2.45) is 0 Å². The predicted molar refractivity (Wildman–Crippen MR) is 146 cm³/mol. The number of halogens is 1. The molecular weight excluding hydrogens is 505 g/mol. The van der Waals surface area contributed by atoms with Crippen LogP contribution in [0.2, 0.25) is 0 Å². The van der Waals surface area contributed by atoms with E-state index in [9.17, 15) is 18.8 Å². The van der Waals surface area contributed by atoms with Crippen LogP contribution in [0.25, 0.3) is 22.0 Å². The number of hydrogen-bond acceptors (Lipinski definition) is 7. The van der Waals surface area contributed by atoms with Gasteiger partial charge in [0.05, 0.1) is 5.52 Å². The zero-order valence-electron chi connectivity index (χ0n) is 24.1. The molecule has 9 nitrogen and oxygen atoms in total. The van der Waals surface area contributed by atoms with E-state index in [4.69, 9.17) is 14.2 Å². The quantitative estimate of drug-likeness (QED) is 0.308. The first-order valence-corrected chi connectivity index (χ1v) is 12.5. The Morgan fingerprint density at radius 2 is 1.31 bits per heavy atom. The third kappa shape index (κ3) is 7.13. The largest absolute Gasteiger partial charge is 0.443 e. The van der Waals surface area contributed by atoms with Crippen LogP contribution in [-0.2, 0) is 14.2 Å². The lowest BCUT2D eigenvalue weighted by Gasteiger charge is -2.27. The fraction of sp³-hybridized carbons (Fsp3) is 0.448. The second-order valence-corrected chi connectivity index (χ2v) is 12.2. The van der Waals surface area contributed by atoms with E-state index in [1.807, 2.05) is 0 Å². The molecule has 0 radical (unpaired) electrons. The maximum absolute atomic E-state index is 14.8. The molecule has 0 unspecified atom stereocenters. The zero-order valence-corrected chi connectivity index (χ0v) is 24.1. The second-order valence-electron chi connectivity index (χ2n) is 12.2. The van der Waals surface area contributed by atoms with Gasteiger partial charge in [0.15, 0.2) is 5.82 Å². The maximum Gasteiger partial charge on any atom is 0.435 e. The molecule has 0 aliphatic rings. The van der Waals surface area contributed by atoms with Gasteiger partial charge in [-0.25, -0.2) is 18.8 Å². The van der Waals surface area contributed by atoms with Gasteiger partial charge in [-0.05, 0) is 98.6 Å². The standard InChI is InChI=1S/C29H36FN3O6/c1-17-15-22-20(16-19(17)18-13-11-12-14-21(18)30)23(31-33(22)26(36)39-29(8,9)10)32(24(34)37-27(2,3)4)25(35)38-28(5,6)7/h11-16H,1-10H3. The van der Waals surface area contributed by atoms with Crippen molar-refractivity contribution in [2.45, 2.75) is 86.0 Å². The molecule has 0 bridgehead atoms. The zero-order chi connectivity index (χ0) is 29.5. The Labute approximate surface area is 227 Å². The smallest absolute Gasteiger partial charge is 0.435 e. The Hall–Kier alpha value is -3.95. The first kappa shape index (κ1) is 29.6. The number of hydrogen-bond donors (Lipinski definition) is 0. The van der Waals surface area contributed by atoms with Crippen LogP contribution in [0, 0.1) is 12.7 Å². The molecule has 0 aliphatic carbocycles. The third-order valence-electron chi connectivity index (χ3n) is 5.10. The number of benzene rings is 2. The molecule has 2 amide bonds. The lowest BCUT2D eigenvalue weighted by Crippen LogP contribution is -2.44. The summed E-state index contributed by atoms with van der Waals surface area (Å²) < 4.78 is 32.3. The normalized spacial score (nSPS) is 12.3. The fourth-order valence-corrected chi connectivity index (χ4v) is 3.69. The van der Waals surface area contributed by atoms with E-state index in [2.05, 4.69) is 5.10 Å². The van der Waals surface area contributed by atoms with Gasteiger partial charge < -0.3 is 14.2 Å². The van der Waals surface area contributed by atoms with Crippen LogP contribution in [0.1, 0.15) is 67.9 Å². The van der Waals surface area contributed by atoms with Crippen LogP contribution < -0.4 is 4.90 Å². The molecular formula is C29H36FN3O6. The van der Waals surface area contributed by atoms with Crippen molar-refractivity contribution in [3.63, 3.8) is 0 Å². The lowest BCUT2D eigenvalue weighted by molar-refractivity contribution is 0.0421. The summed E-state index contributed by atoms with van der Waals surface area (Å²) in [6.45, 7) is 16.7. The molecule has 210 valence electrons. The maximum atomic E-state index is 14.8. The number of carbonyl (C=O) groups excluding carboxylic acids is 3. The Morgan fingerprint density at radius 3 is 1.79 bits per heavy atom. The number of aryl methyl sites for hydroxylation is 1. The van der Waals surface area contributed by atoms with Gasteiger partial charge in [-0.1, -0.05) is 18.2 Å². The number of ether oxygens (including phenoxy) is 3. The summed E-state index contributed by atoms with van der Waals surface area (Å²) in [7, 11) is 0. The summed E-state index contributed by atoms with van der Waals surface area (Å²) in [6.07, 6.45) is -2.94. The summed E-state index contributed by atoms with van der Waals surface area (Å²) >= 11 is 0. The van der Waals surface area contributed by atoms with E-state index in [-0.39, 0.29) is 16.7 Å². The van der Waals surface area contributed by atoms with E-state index in [1.165, 1.54) is 6.07 Å². The van der Waals surface area contributed by atoms with E-state index in [0.29, 0.717) is 21.6 Å². The average molecular weight is 542 g/mol. The number of imide groups is 1. The number of anilines is 1. The van der Waals surface area contributed by atoms with Crippen molar-refractivity contribution in [3.8, 4) is 11.1 Å². The highest BCUT2D eigenvalue weighted by atomic mass is 19.1. The second kappa shape index (κ2) is 10.3. The van der Waals surface area contributed by atoms with Crippen LogP contribution in [0.3, 0.4) is 0 Å². The van der Waals surface area contributed by atoms with Gasteiger partial charge in [-0.3, -0.25) is 0 Å². The van der Waals surface area contributed by atoms with Crippen molar-refractivity contribution >= 4 is 35.0 Å². The van der Waals surface area contributed by atoms with Gasteiger partial charge in [0, 0.05) is 10.9 Å². The van der Waals surface area contributed by atoms with E-state index < -0.39 is 40.9 Å². The van der Waals surface area contributed by atoms with Crippen LogP contribution >= 0.6 is 0 Å². The molecule has 0 spiro atoms. The van der Waals surface area contributed by atoms with E-state index in [1.54, 1.807) is 99.6 Å². The highest BCUT2D eigenvalue weighted by molar-refractivity contribution is 6.15. The van der Waals surface area contributed by atoms with Crippen molar-refractivity contribution < 1.29 is 33.0 Å². The Balaban J connectivity index is 2.36. The molecule has 1 aromatic heterocycles. The molecule has 39 heavy (non-hydrogen) atoms. The number of rotatable bonds is 2. The Bertz CT molecular complexity index is 1400. The van der Waals surface area contributed by atoms with Crippen LogP contribution in [-0.4, -0.2) is 44.9 Å². The minimum Gasteiger partial charge on any atom is -0.443 e. The van der Waals surface area contributed by atoms with E-state index in [0.717, 1.165) is 4.68 Å². The van der Waals surface area contributed by atoms with E-state index >= 15 is 0 Å². The molecule has 2 aromatic carbocycles. The molecule has 0 atom stereocenters. The Kier molecular flexibility index (Phi) is 7.83. The number of nitrogens with zero attached hydrogens (tertiary/aromatic N) is 3. The molecule has 3 aromatic rings. The van der Waals surface area contributed by atoms with Crippen molar-refractivity contribution in [1.29, 1.82) is 0 Å². The van der Waals surface area contributed by atoms with Gasteiger partial charge in [-0.2, -0.15) is 9.58 Å². The van der Waals surface area contributed by atoms with Gasteiger partial charge in [0.1, 0.15) is 22.6 Å². The number of amides is 2. The molecule has 0 saturated carbocycles. The van der Waals surface area contributed by atoms with Crippen LogP contribution in [0.5, 0.6) is 0 Å². The van der Waals surface area contributed by atoms with Crippen LogP contribution in [0.15, 0.2) is 36.4 Å². The third-order valence-corrected chi connectivity index (χ3v) is 5.10. The monoisotopic (exact) mass is 541 g/mol. The molecule has 0 fully saturated rings. The van der Waals surface area contributed by atoms with Gasteiger partial charge >= 0.3 is 18.3 Å². The first-order valence-electron chi connectivity index (χ1n) is 12.5. The number of fused-ring (bicyclic) bond motifs is 1. The number of aromatic nitrogens is 2. The lowest BCUT2D eigenvalue weighted by atomic mass is 9.98.